The lowest BCUT2D eigenvalue weighted by Crippen LogP contribution is -2.23. The standard InChI is InChI=1S/C25H31ClN2O4/c1-18-12-20(6-9-24(18)32-15-21(29)13-26)25(2,3)19-4-7-23(8-5-19)31-16-22(30)14-28-11-10-27-17-28/h4-12,17,21-22,29-30H,13-16H2,1-3H3/t21-,22+/m1/s1. The molecule has 3 rings (SSSR count). The summed E-state index contributed by atoms with van der Waals surface area (Å²) in [7, 11) is 0. The Morgan fingerprint density at radius 2 is 1.69 bits per heavy atom. The van der Waals surface area contributed by atoms with E-state index >= 15 is 0 Å². The van der Waals surface area contributed by atoms with E-state index < -0.39 is 12.2 Å². The number of aliphatic hydroxyl groups is 2. The number of aliphatic hydroxyl groups excluding tert-OH is 2. The van der Waals surface area contributed by atoms with Crippen LogP contribution in [0.25, 0.3) is 0 Å². The highest BCUT2D eigenvalue weighted by atomic mass is 35.5. The van der Waals surface area contributed by atoms with Gasteiger partial charge in [0.05, 0.1) is 18.8 Å². The van der Waals surface area contributed by atoms with Crippen molar-refractivity contribution in [3.05, 3.63) is 77.9 Å². The predicted molar refractivity (Wildman–Crippen MR) is 126 cm³/mol. The zero-order valence-corrected chi connectivity index (χ0v) is 19.5. The van der Waals surface area contributed by atoms with Gasteiger partial charge in [0.25, 0.3) is 0 Å². The van der Waals surface area contributed by atoms with Gasteiger partial charge in [-0.3, -0.25) is 0 Å². The van der Waals surface area contributed by atoms with E-state index in [1.807, 2.05) is 54.1 Å². The minimum atomic E-state index is -0.681. The van der Waals surface area contributed by atoms with Gasteiger partial charge in [-0.05, 0) is 41.8 Å². The number of hydrogen-bond donors (Lipinski definition) is 2. The van der Waals surface area contributed by atoms with Crippen molar-refractivity contribution in [3.63, 3.8) is 0 Å². The Morgan fingerprint density at radius 1 is 1.00 bits per heavy atom. The molecule has 2 aromatic carbocycles. The highest BCUT2D eigenvalue weighted by molar-refractivity contribution is 6.18. The smallest absolute Gasteiger partial charge is 0.122 e. The minimum Gasteiger partial charge on any atom is -0.491 e. The largest absolute Gasteiger partial charge is 0.491 e. The topological polar surface area (TPSA) is 76.7 Å². The van der Waals surface area contributed by atoms with Crippen LogP contribution in [0, 0.1) is 6.92 Å². The van der Waals surface area contributed by atoms with Crippen LogP contribution in [0.15, 0.2) is 61.2 Å². The van der Waals surface area contributed by atoms with Crippen molar-refractivity contribution >= 4 is 11.6 Å². The predicted octanol–water partition coefficient (Wildman–Crippen LogP) is 3.94. The molecule has 0 aliphatic rings. The van der Waals surface area contributed by atoms with Gasteiger partial charge in [-0.15, -0.1) is 11.6 Å². The van der Waals surface area contributed by atoms with Crippen LogP contribution in [0.1, 0.15) is 30.5 Å². The average molecular weight is 459 g/mol. The Bertz CT molecular complexity index is 974. The molecule has 3 aromatic rings. The monoisotopic (exact) mass is 458 g/mol. The van der Waals surface area contributed by atoms with Gasteiger partial charge in [0.1, 0.15) is 36.9 Å². The number of aryl methyl sites for hydroxylation is 1. The molecule has 7 heteroatoms. The summed E-state index contributed by atoms with van der Waals surface area (Å²) in [5.41, 5.74) is 3.08. The highest BCUT2D eigenvalue weighted by Crippen LogP contribution is 2.34. The van der Waals surface area contributed by atoms with Gasteiger partial charge in [-0.1, -0.05) is 38.1 Å². The lowest BCUT2D eigenvalue weighted by molar-refractivity contribution is 0.0924. The first kappa shape index (κ1) is 24.1. The Morgan fingerprint density at radius 3 is 2.31 bits per heavy atom. The van der Waals surface area contributed by atoms with E-state index in [1.54, 1.807) is 12.5 Å². The number of rotatable bonds is 11. The van der Waals surface area contributed by atoms with Crippen molar-refractivity contribution < 1.29 is 19.7 Å². The molecule has 172 valence electrons. The van der Waals surface area contributed by atoms with Crippen LogP contribution in [-0.2, 0) is 12.0 Å². The molecular weight excluding hydrogens is 428 g/mol. The van der Waals surface area contributed by atoms with Gasteiger partial charge in [-0.2, -0.15) is 0 Å². The number of halogens is 1. The maximum Gasteiger partial charge on any atom is 0.122 e. The van der Waals surface area contributed by atoms with Gasteiger partial charge < -0.3 is 24.3 Å². The number of aromatic nitrogens is 2. The quantitative estimate of drug-likeness (QED) is 0.426. The van der Waals surface area contributed by atoms with Crippen LogP contribution < -0.4 is 9.47 Å². The maximum absolute atomic E-state index is 10.1. The third kappa shape index (κ3) is 6.25. The van der Waals surface area contributed by atoms with Crippen molar-refractivity contribution in [1.82, 2.24) is 9.55 Å². The van der Waals surface area contributed by atoms with Gasteiger partial charge >= 0.3 is 0 Å². The number of imidazole rings is 1. The van der Waals surface area contributed by atoms with Gasteiger partial charge in [0, 0.05) is 17.8 Å². The molecule has 0 saturated heterocycles. The maximum atomic E-state index is 10.1. The van der Waals surface area contributed by atoms with E-state index in [4.69, 9.17) is 21.1 Å². The molecule has 32 heavy (non-hydrogen) atoms. The van der Waals surface area contributed by atoms with Crippen molar-refractivity contribution in [2.45, 2.75) is 44.9 Å². The van der Waals surface area contributed by atoms with Gasteiger partial charge in [0.15, 0.2) is 0 Å². The molecule has 1 heterocycles. The molecule has 0 spiro atoms. The molecule has 0 fully saturated rings. The summed E-state index contributed by atoms with van der Waals surface area (Å²) >= 11 is 5.63. The lowest BCUT2D eigenvalue weighted by atomic mass is 9.77. The molecule has 0 amide bonds. The Hall–Kier alpha value is -2.54. The van der Waals surface area contributed by atoms with E-state index in [1.165, 1.54) is 0 Å². The Kier molecular flexibility index (Phi) is 8.18. The summed E-state index contributed by atoms with van der Waals surface area (Å²) in [5.74, 6) is 1.60. The van der Waals surface area contributed by atoms with Crippen LogP contribution in [0.3, 0.4) is 0 Å². The fraction of sp³-hybridized carbons (Fsp3) is 0.400. The normalized spacial score (nSPS) is 13.6. The van der Waals surface area contributed by atoms with Crippen molar-refractivity contribution in [3.8, 4) is 11.5 Å². The summed E-state index contributed by atoms with van der Waals surface area (Å²) in [5, 5.41) is 19.7. The number of benzene rings is 2. The molecular formula is C25H31ClN2O4. The molecule has 0 bridgehead atoms. The lowest BCUT2D eigenvalue weighted by Gasteiger charge is -2.27. The van der Waals surface area contributed by atoms with Crippen LogP contribution in [0.5, 0.6) is 11.5 Å². The molecule has 0 aliphatic heterocycles. The van der Waals surface area contributed by atoms with Crippen molar-refractivity contribution in [2.75, 3.05) is 19.1 Å². The zero-order chi connectivity index (χ0) is 23.1. The summed E-state index contributed by atoms with van der Waals surface area (Å²) in [6.45, 7) is 7.16. The van der Waals surface area contributed by atoms with E-state index in [9.17, 15) is 10.2 Å². The first-order chi connectivity index (χ1) is 15.3. The highest BCUT2D eigenvalue weighted by Gasteiger charge is 2.24. The van der Waals surface area contributed by atoms with Crippen molar-refractivity contribution in [1.29, 1.82) is 0 Å². The SMILES string of the molecule is Cc1cc(C(C)(C)c2ccc(OC[C@@H](O)Cn3ccnc3)cc2)ccc1OC[C@H](O)CCl. The molecule has 6 nitrogen and oxygen atoms in total. The first-order valence-electron chi connectivity index (χ1n) is 10.6. The molecule has 0 aliphatic carbocycles. The van der Waals surface area contributed by atoms with E-state index in [0.717, 1.165) is 22.4 Å². The number of nitrogens with zero attached hydrogens (tertiary/aromatic N) is 2. The third-order valence-electron chi connectivity index (χ3n) is 5.51. The fourth-order valence-electron chi connectivity index (χ4n) is 3.45. The van der Waals surface area contributed by atoms with Crippen LogP contribution >= 0.6 is 11.6 Å². The van der Waals surface area contributed by atoms with Crippen LogP contribution in [-0.4, -0.2) is 51.1 Å². The molecule has 1 aromatic heterocycles. The van der Waals surface area contributed by atoms with E-state index in [0.29, 0.717) is 12.3 Å². The summed E-state index contributed by atoms with van der Waals surface area (Å²) in [4.78, 5) is 3.97. The van der Waals surface area contributed by atoms with Crippen LogP contribution in [0.4, 0.5) is 0 Å². The second-order valence-electron chi connectivity index (χ2n) is 8.47. The summed E-state index contributed by atoms with van der Waals surface area (Å²) in [6.07, 6.45) is 3.87. The Balaban J connectivity index is 1.62. The zero-order valence-electron chi connectivity index (χ0n) is 18.7. The van der Waals surface area contributed by atoms with Crippen molar-refractivity contribution in [2.24, 2.45) is 0 Å². The summed E-state index contributed by atoms with van der Waals surface area (Å²) in [6, 6.07) is 14.1. The number of alkyl halides is 1. The second kappa shape index (κ2) is 10.9. The second-order valence-corrected chi connectivity index (χ2v) is 8.78. The van der Waals surface area contributed by atoms with Gasteiger partial charge in [0.2, 0.25) is 0 Å². The third-order valence-corrected chi connectivity index (χ3v) is 5.86. The molecule has 2 N–H and O–H groups in total. The molecule has 0 radical (unpaired) electrons. The average Bonchev–Trinajstić information content (AvgIpc) is 3.29. The van der Waals surface area contributed by atoms with E-state index in [-0.39, 0.29) is 24.5 Å². The van der Waals surface area contributed by atoms with Gasteiger partial charge in [-0.25, -0.2) is 4.98 Å². The molecule has 0 saturated carbocycles. The summed E-state index contributed by atoms with van der Waals surface area (Å²) < 4.78 is 13.2. The van der Waals surface area contributed by atoms with E-state index in [2.05, 4.69) is 24.9 Å². The Labute approximate surface area is 194 Å². The fourth-order valence-corrected chi connectivity index (χ4v) is 3.54. The molecule has 2 atom stereocenters. The van der Waals surface area contributed by atoms with Crippen LogP contribution in [0.2, 0.25) is 0 Å². The first-order valence-corrected chi connectivity index (χ1v) is 11.2. The minimum absolute atomic E-state index is 0.146. The number of hydrogen-bond acceptors (Lipinski definition) is 5. The number of ether oxygens (including phenoxy) is 2. The molecule has 0 unspecified atom stereocenters.